The molecule has 37 heavy (non-hydrogen) atoms. The van der Waals surface area contributed by atoms with Crippen LogP contribution >= 0.6 is 11.6 Å². The number of amides is 2. The molecule has 1 aliphatic carbocycles. The second kappa shape index (κ2) is 9.74. The van der Waals surface area contributed by atoms with Gasteiger partial charge < -0.3 is 15.7 Å². The monoisotopic (exact) mass is 538 g/mol. The number of nitrogens with one attached hydrogen (secondary N) is 2. The van der Waals surface area contributed by atoms with Crippen LogP contribution in [0.5, 0.6) is 0 Å². The number of rotatable bonds is 5. The summed E-state index contributed by atoms with van der Waals surface area (Å²) < 4.78 is 43.6. The van der Waals surface area contributed by atoms with Crippen molar-refractivity contribution in [2.24, 2.45) is 11.8 Å². The number of aliphatic hydroxyl groups excluding tert-OH is 1. The van der Waals surface area contributed by atoms with Crippen LogP contribution in [0.4, 0.5) is 18.9 Å². The molecule has 0 spiro atoms. The number of anilines is 1. The number of halogens is 4. The summed E-state index contributed by atoms with van der Waals surface area (Å²) in [6, 6.07) is 0.650. The van der Waals surface area contributed by atoms with E-state index in [1.54, 1.807) is 0 Å². The van der Waals surface area contributed by atoms with E-state index in [1.165, 1.54) is 18.5 Å². The summed E-state index contributed by atoms with van der Waals surface area (Å²) in [4.78, 5) is 30.4. The van der Waals surface area contributed by atoms with E-state index in [0.717, 1.165) is 15.7 Å². The Balaban J connectivity index is 1.42. The Morgan fingerprint density at radius 1 is 1.22 bits per heavy atom. The van der Waals surface area contributed by atoms with E-state index in [2.05, 4.69) is 30.9 Å². The number of aliphatic hydroxyl groups is 1. The number of hydrogen-bond donors (Lipinski definition) is 3. The molecule has 4 heterocycles. The highest BCUT2D eigenvalue weighted by molar-refractivity contribution is 6.32. The predicted molar refractivity (Wildman–Crippen MR) is 123 cm³/mol. The summed E-state index contributed by atoms with van der Waals surface area (Å²) in [6.07, 6.45) is 0.730. The Labute approximate surface area is 213 Å². The maximum absolute atomic E-state index is 14.2. The summed E-state index contributed by atoms with van der Waals surface area (Å²) >= 11 is 6.23. The third-order valence-electron chi connectivity index (χ3n) is 6.73. The fraction of sp³-hybridized carbons (Fsp3) is 0.455. The fourth-order valence-electron chi connectivity index (χ4n) is 5.14. The molecule has 15 heteroatoms. The summed E-state index contributed by atoms with van der Waals surface area (Å²) in [6.45, 7) is 0.0576. The number of fused-ring (bicyclic) bond motifs is 1. The first-order valence-corrected chi connectivity index (χ1v) is 12.0. The van der Waals surface area contributed by atoms with Crippen LogP contribution < -0.4 is 10.6 Å². The highest BCUT2D eigenvalue weighted by Crippen LogP contribution is 2.44. The number of pyridine rings is 1. The molecule has 2 aliphatic rings. The standard InChI is InChI=1S/C22H22ClF3N8O3/c23-16-6-11(7-28-19(16)34-30-8-12(10-35)32-34)31-21(37)15-9-29-33(18(15)22(24,25)26)17-3-1-2-14-13(17)4-5-27-20(14)36/h6-9,13-14,17,35H,1-5,10H2,(H,27,36)(H,31,37). The van der Waals surface area contributed by atoms with Gasteiger partial charge in [0.05, 0.1) is 47.5 Å². The highest BCUT2D eigenvalue weighted by atomic mass is 35.5. The van der Waals surface area contributed by atoms with Crippen molar-refractivity contribution in [1.82, 2.24) is 35.1 Å². The minimum atomic E-state index is -4.86. The van der Waals surface area contributed by atoms with Gasteiger partial charge in [-0.05, 0) is 31.2 Å². The van der Waals surface area contributed by atoms with E-state index in [4.69, 9.17) is 16.7 Å². The number of carbonyl (C=O) groups is 2. The zero-order valence-electron chi connectivity index (χ0n) is 19.2. The molecular weight excluding hydrogens is 517 g/mol. The summed E-state index contributed by atoms with van der Waals surface area (Å²) in [7, 11) is 0. The van der Waals surface area contributed by atoms with Crippen LogP contribution in [0.1, 0.15) is 53.5 Å². The Bertz CT molecular complexity index is 1340. The topological polar surface area (TPSA) is 140 Å². The van der Waals surface area contributed by atoms with Gasteiger partial charge in [0.15, 0.2) is 11.5 Å². The van der Waals surface area contributed by atoms with Crippen LogP contribution in [-0.2, 0) is 17.6 Å². The molecule has 0 radical (unpaired) electrons. The van der Waals surface area contributed by atoms with Gasteiger partial charge in [0, 0.05) is 12.5 Å². The van der Waals surface area contributed by atoms with Crippen molar-refractivity contribution in [2.45, 2.75) is 44.5 Å². The van der Waals surface area contributed by atoms with Gasteiger partial charge in [0.2, 0.25) is 5.91 Å². The number of piperidine rings is 1. The summed E-state index contributed by atoms with van der Waals surface area (Å²) in [5.74, 6) is -1.74. The molecular formula is C22H22ClF3N8O3. The smallest absolute Gasteiger partial charge is 0.390 e. The number of nitrogens with zero attached hydrogens (tertiary/aromatic N) is 6. The number of alkyl halides is 3. The lowest BCUT2D eigenvalue weighted by Gasteiger charge is -2.41. The molecule has 2 fully saturated rings. The van der Waals surface area contributed by atoms with Crippen LogP contribution in [0.15, 0.2) is 24.7 Å². The highest BCUT2D eigenvalue weighted by Gasteiger charge is 2.46. The molecule has 196 valence electrons. The van der Waals surface area contributed by atoms with E-state index >= 15 is 0 Å². The van der Waals surface area contributed by atoms with Gasteiger partial charge >= 0.3 is 6.18 Å². The van der Waals surface area contributed by atoms with Gasteiger partial charge in [-0.2, -0.15) is 23.4 Å². The maximum atomic E-state index is 14.2. The molecule has 2 amide bonds. The minimum Gasteiger partial charge on any atom is -0.390 e. The Kier molecular flexibility index (Phi) is 6.62. The van der Waals surface area contributed by atoms with E-state index in [9.17, 15) is 22.8 Å². The lowest BCUT2D eigenvalue weighted by molar-refractivity contribution is -0.147. The largest absolute Gasteiger partial charge is 0.433 e. The quantitative estimate of drug-likeness (QED) is 0.454. The molecule has 5 rings (SSSR count). The van der Waals surface area contributed by atoms with E-state index < -0.39 is 29.4 Å². The Morgan fingerprint density at radius 2 is 2.03 bits per heavy atom. The predicted octanol–water partition coefficient (Wildman–Crippen LogP) is 2.75. The number of aromatic nitrogens is 6. The van der Waals surface area contributed by atoms with E-state index in [-0.39, 0.29) is 46.6 Å². The van der Waals surface area contributed by atoms with Gasteiger partial charge in [-0.15, -0.1) is 9.90 Å². The zero-order chi connectivity index (χ0) is 26.3. The molecule has 3 unspecified atom stereocenters. The Morgan fingerprint density at radius 3 is 2.73 bits per heavy atom. The van der Waals surface area contributed by atoms with Gasteiger partial charge in [-0.1, -0.05) is 18.0 Å². The molecule has 1 saturated heterocycles. The first-order chi connectivity index (χ1) is 17.7. The molecule has 3 atom stereocenters. The van der Waals surface area contributed by atoms with Gasteiger partial charge in [0.25, 0.3) is 5.91 Å². The lowest BCUT2D eigenvalue weighted by Crippen LogP contribution is -2.47. The number of hydrogen-bond acceptors (Lipinski definition) is 7. The van der Waals surface area contributed by atoms with Crippen molar-refractivity contribution in [3.63, 3.8) is 0 Å². The lowest BCUT2D eigenvalue weighted by atomic mass is 9.72. The molecule has 11 nitrogen and oxygen atoms in total. The van der Waals surface area contributed by atoms with Crippen LogP contribution in [0.3, 0.4) is 0 Å². The first kappa shape index (κ1) is 25.1. The normalized spacial score (nSPS) is 21.9. The molecule has 1 aliphatic heterocycles. The third-order valence-corrected chi connectivity index (χ3v) is 7.01. The average molecular weight is 539 g/mol. The molecule has 1 saturated carbocycles. The van der Waals surface area contributed by atoms with Crippen LogP contribution in [-0.4, -0.2) is 53.2 Å². The van der Waals surface area contributed by atoms with Crippen molar-refractivity contribution in [2.75, 3.05) is 11.9 Å². The van der Waals surface area contributed by atoms with Gasteiger partial charge in [0.1, 0.15) is 5.69 Å². The fourth-order valence-corrected chi connectivity index (χ4v) is 5.38. The minimum absolute atomic E-state index is 0.0217. The van der Waals surface area contributed by atoms with Crippen molar-refractivity contribution in [3.05, 3.63) is 46.6 Å². The third kappa shape index (κ3) is 4.78. The van der Waals surface area contributed by atoms with Crippen molar-refractivity contribution in [3.8, 4) is 5.82 Å². The van der Waals surface area contributed by atoms with Crippen molar-refractivity contribution >= 4 is 29.1 Å². The maximum Gasteiger partial charge on any atom is 0.433 e. The molecule has 3 aromatic rings. The summed E-state index contributed by atoms with van der Waals surface area (Å²) in [5, 5.41) is 26.2. The Hall–Kier alpha value is -3.52. The van der Waals surface area contributed by atoms with Crippen LogP contribution in [0.2, 0.25) is 5.02 Å². The second-order valence-electron chi connectivity index (χ2n) is 8.96. The second-order valence-corrected chi connectivity index (χ2v) is 9.37. The van der Waals surface area contributed by atoms with Crippen LogP contribution in [0.25, 0.3) is 5.82 Å². The molecule has 3 N–H and O–H groups in total. The SMILES string of the molecule is O=C(Nc1cnc(-n2ncc(CO)n2)c(Cl)c1)c1cnn(C2CCCC3C(=O)NCCC32)c1C(F)(F)F. The molecule has 0 aromatic carbocycles. The van der Waals surface area contributed by atoms with Gasteiger partial charge in [-0.25, -0.2) is 4.98 Å². The average Bonchev–Trinajstić information content (AvgIpc) is 3.52. The molecule has 0 bridgehead atoms. The van der Waals surface area contributed by atoms with Crippen molar-refractivity contribution in [1.29, 1.82) is 0 Å². The van der Waals surface area contributed by atoms with E-state index in [1.807, 2.05) is 0 Å². The van der Waals surface area contributed by atoms with E-state index in [0.29, 0.717) is 32.2 Å². The van der Waals surface area contributed by atoms with Gasteiger partial charge in [-0.3, -0.25) is 14.3 Å². The zero-order valence-corrected chi connectivity index (χ0v) is 20.0. The van der Waals surface area contributed by atoms with Crippen LogP contribution in [0, 0.1) is 11.8 Å². The van der Waals surface area contributed by atoms with Crippen molar-refractivity contribution < 1.29 is 27.9 Å². The summed E-state index contributed by atoms with van der Waals surface area (Å²) in [5.41, 5.74) is -1.47. The molecule has 3 aromatic heterocycles. The number of carbonyl (C=O) groups excluding carboxylic acids is 2. The first-order valence-electron chi connectivity index (χ1n) is 11.6.